The Morgan fingerprint density at radius 2 is 2.10 bits per heavy atom. The maximum absolute atomic E-state index is 12.1. The number of nitrogens with zero attached hydrogens (tertiary/aromatic N) is 1. The summed E-state index contributed by atoms with van der Waals surface area (Å²) in [7, 11) is 0. The zero-order chi connectivity index (χ0) is 14.5. The van der Waals surface area contributed by atoms with Gasteiger partial charge in [-0.1, -0.05) is 30.3 Å². The van der Waals surface area contributed by atoms with Crippen molar-refractivity contribution in [1.82, 2.24) is 10.3 Å². The highest BCUT2D eigenvalue weighted by atomic mass is 32.1. The highest BCUT2D eigenvalue weighted by Crippen LogP contribution is 2.19. The summed E-state index contributed by atoms with van der Waals surface area (Å²) in [5, 5.41) is 3.54. The largest absolute Gasteiger partial charge is 0.346 e. The van der Waals surface area contributed by atoms with Gasteiger partial charge >= 0.3 is 0 Å². The number of nitrogens with one attached hydrogen (secondary N) is 1. The van der Waals surface area contributed by atoms with Crippen molar-refractivity contribution in [3.8, 4) is 0 Å². The van der Waals surface area contributed by atoms with Crippen LogP contribution in [0.3, 0.4) is 0 Å². The molecule has 1 aromatic carbocycles. The number of aromatic nitrogens is 1. The number of thiazole rings is 1. The molecular weight excluding hydrogens is 288 g/mol. The Labute approximate surface area is 128 Å². The van der Waals surface area contributed by atoms with Gasteiger partial charge in [-0.3, -0.25) is 4.79 Å². The third-order valence-corrected chi connectivity index (χ3v) is 4.46. The Kier molecular flexibility index (Phi) is 5.20. The minimum Gasteiger partial charge on any atom is -0.346 e. The minimum atomic E-state index is -0.346. The van der Waals surface area contributed by atoms with Crippen LogP contribution in [0.2, 0.25) is 0 Å². The van der Waals surface area contributed by atoms with E-state index in [0.717, 1.165) is 15.4 Å². The second kappa shape index (κ2) is 6.90. The first-order valence-electron chi connectivity index (χ1n) is 6.51. The van der Waals surface area contributed by atoms with Gasteiger partial charge in [-0.2, -0.15) is 12.6 Å². The lowest BCUT2D eigenvalue weighted by atomic mass is 10.1. The van der Waals surface area contributed by atoms with Crippen molar-refractivity contribution in [1.29, 1.82) is 0 Å². The first-order valence-corrected chi connectivity index (χ1v) is 7.84. The van der Waals surface area contributed by atoms with E-state index in [-0.39, 0.29) is 17.2 Å². The van der Waals surface area contributed by atoms with E-state index in [2.05, 4.69) is 22.9 Å². The summed E-state index contributed by atoms with van der Waals surface area (Å²) in [5.41, 5.74) is 1.11. The number of hydrogen-bond acceptors (Lipinski definition) is 4. The molecule has 0 radical (unpaired) electrons. The van der Waals surface area contributed by atoms with Crippen LogP contribution in [0.25, 0.3) is 0 Å². The van der Waals surface area contributed by atoms with E-state index in [0.29, 0.717) is 6.42 Å². The van der Waals surface area contributed by atoms with Crippen molar-refractivity contribution >= 4 is 29.9 Å². The Bertz CT molecular complexity index is 568. The van der Waals surface area contributed by atoms with Gasteiger partial charge in [0.1, 0.15) is 5.01 Å². The first kappa shape index (κ1) is 15.1. The molecule has 5 heteroatoms. The van der Waals surface area contributed by atoms with E-state index < -0.39 is 0 Å². The summed E-state index contributed by atoms with van der Waals surface area (Å²) in [6, 6.07) is 9.83. The van der Waals surface area contributed by atoms with Crippen molar-refractivity contribution in [2.45, 2.75) is 31.6 Å². The summed E-state index contributed by atoms with van der Waals surface area (Å²) < 4.78 is 0. The maximum atomic E-state index is 12.1. The predicted molar refractivity (Wildman–Crippen MR) is 86.3 cm³/mol. The Hall–Kier alpha value is -1.33. The van der Waals surface area contributed by atoms with Crippen molar-refractivity contribution in [2.75, 3.05) is 0 Å². The molecule has 2 unspecified atom stereocenters. The predicted octanol–water partition coefficient (Wildman–Crippen LogP) is 3.17. The second-order valence-electron chi connectivity index (χ2n) is 4.74. The molecule has 106 valence electrons. The molecule has 0 aliphatic carbocycles. The van der Waals surface area contributed by atoms with E-state index in [4.69, 9.17) is 0 Å². The topological polar surface area (TPSA) is 42.0 Å². The number of thiol groups is 1. The molecule has 2 atom stereocenters. The van der Waals surface area contributed by atoms with Gasteiger partial charge in [0.15, 0.2) is 0 Å². The Morgan fingerprint density at radius 3 is 2.70 bits per heavy atom. The fourth-order valence-corrected chi connectivity index (χ4v) is 2.94. The standard InChI is InChI=1S/C15H18N2OS2/c1-10-9-16-15(20-10)11(2)17-14(18)13(19)8-12-6-4-3-5-7-12/h3-7,9,11,13,19H,8H2,1-2H3,(H,17,18). The summed E-state index contributed by atoms with van der Waals surface area (Å²) in [6.07, 6.45) is 2.45. The number of hydrogen-bond donors (Lipinski definition) is 2. The van der Waals surface area contributed by atoms with Crippen LogP contribution in [0.5, 0.6) is 0 Å². The third-order valence-electron chi connectivity index (χ3n) is 2.94. The molecule has 0 saturated heterocycles. The van der Waals surface area contributed by atoms with Crippen LogP contribution in [0.4, 0.5) is 0 Å². The van der Waals surface area contributed by atoms with Crippen LogP contribution in [0.15, 0.2) is 36.5 Å². The maximum Gasteiger partial charge on any atom is 0.233 e. The van der Waals surface area contributed by atoms with Gasteiger partial charge in [0, 0.05) is 11.1 Å². The van der Waals surface area contributed by atoms with Crippen molar-refractivity contribution < 1.29 is 4.79 Å². The van der Waals surface area contributed by atoms with Gasteiger partial charge in [0.2, 0.25) is 5.91 Å². The van der Waals surface area contributed by atoms with E-state index >= 15 is 0 Å². The fourth-order valence-electron chi connectivity index (χ4n) is 1.87. The van der Waals surface area contributed by atoms with E-state index in [1.165, 1.54) is 0 Å². The van der Waals surface area contributed by atoms with E-state index in [1.807, 2.05) is 50.4 Å². The Balaban J connectivity index is 1.91. The summed E-state index contributed by atoms with van der Waals surface area (Å²) in [5.74, 6) is -0.0578. The molecule has 3 nitrogen and oxygen atoms in total. The number of aryl methyl sites for hydroxylation is 1. The van der Waals surface area contributed by atoms with Gasteiger partial charge in [-0.25, -0.2) is 4.98 Å². The molecule has 0 saturated carbocycles. The SMILES string of the molecule is Cc1cnc(C(C)NC(=O)C(S)Cc2ccccc2)s1. The van der Waals surface area contributed by atoms with Crippen LogP contribution in [-0.2, 0) is 11.2 Å². The molecule has 2 aromatic rings. The van der Waals surface area contributed by atoms with Crippen molar-refractivity contribution in [3.63, 3.8) is 0 Å². The number of carbonyl (C=O) groups excluding carboxylic acids is 1. The van der Waals surface area contributed by atoms with Gasteiger partial charge in [-0.15, -0.1) is 11.3 Å². The number of benzene rings is 1. The molecule has 20 heavy (non-hydrogen) atoms. The molecule has 1 N–H and O–H groups in total. The van der Waals surface area contributed by atoms with Gasteiger partial charge in [0.25, 0.3) is 0 Å². The minimum absolute atomic E-state index is 0.0578. The molecule has 0 aliphatic heterocycles. The van der Waals surface area contributed by atoms with Gasteiger partial charge in [0.05, 0.1) is 11.3 Å². The lowest BCUT2D eigenvalue weighted by Crippen LogP contribution is -2.34. The molecule has 2 rings (SSSR count). The molecule has 0 fully saturated rings. The van der Waals surface area contributed by atoms with Crippen LogP contribution < -0.4 is 5.32 Å². The van der Waals surface area contributed by atoms with Gasteiger partial charge < -0.3 is 5.32 Å². The molecule has 1 aromatic heterocycles. The molecular formula is C15H18N2OS2. The van der Waals surface area contributed by atoms with Crippen LogP contribution in [-0.4, -0.2) is 16.1 Å². The average Bonchev–Trinajstić information content (AvgIpc) is 2.86. The highest BCUT2D eigenvalue weighted by Gasteiger charge is 2.18. The zero-order valence-corrected chi connectivity index (χ0v) is 13.2. The van der Waals surface area contributed by atoms with Crippen LogP contribution in [0, 0.1) is 6.92 Å². The first-order chi connectivity index (χ1) is 9.56. The van der Waals surface area contributed by atoms with Crippen molar-refractivity contribution in [2.24, 2.45) is 0 Å². The third kappa shape index (κ3) is 4.08. The second-order valence-corrected chi connectivity index (χ2v) is 6.63. The number of carbonyl (C=O) groups is 1. The van der Waals surface area contributed by atoms with Crippen molar-refractivity contribution in [3.05, 3.63) is 52.0 Å². The lowest BCUT2D eigenvalue weighted by molar-refractivity contribution is -0.121. The summed E-state index contributed by atoms with van der Waals surface area (Å²) >= 11 is 6.00. The Morgan fingerprint density at radius 1 is 1.40 bits per heavy atom. The smallest absolute Gasteiger partial charge is 0.233 e. The molecule has 1 heterocycles. The average molecular weight is 306 g/mol. The normalized spacial score (nSPS) is 13.8. The molecule has 1 amide bonds. The number of amides is 1. The van der Waals surface area contributed by atoms with Gasteiger partial charge in [-0.05, 0) is 25.8 Å². The lowest BCUT2D eigenvalue weighted by Gasteiger charge is -2.15. The zero-order valence-electron chi connectivity index (χ0n) is 11.5. The summed E-state index contributed by atoms with van der Waals surface area (Å²) in [6.45, 7) is 3.95. The number of rotatable bonds is 5. The molecule has 0 bridgehead atoms. The highest BCUT2D eigenvalue weighted by molar-refractivity contribution is 7.81. The van der Waals surface area contributed by atoms with Crippen LogP contribution >= 0.6 is 24.0 Å². The molecule has 0 aliphatic rings. The fraction of sp³-hybridized carbons (Fsp3) is 0.333. The quantitative estimate of drug-likeness (QED) is 0.833. The summed E-state index contributed by atoms with van der Waals surface area (Å²) in [4.78, 5) is 17.6. The monoisotopic (exact) mass is 306 g/mol. The van der Waals surface area contributed by atoms with Crippen LogP contribution in [0.1, 0.15) is 28.4 Å². The van der Waals surface area contributed by atoms with E-state index in [9.17, 15) is 4.79 Å². The van der Waals surface area contributed by atoms with E-state index in [1.54, 1.807) is 11.3 Å². The molecule has 0 spiro atoms.